The Morgan fingerprint density at radius 3 is 2.39 bits per heavy atom. The van der Waals surface area contributed by atoms with Gasteiger partial charge in [0.2, 0.25) is 0 Å². The van der Waals surface area contributed by atoms with E-state index in [1.807, 2.05) is 0 Å². The molecule has 18 heavy (non-hydrogen) atoms. The predicted octanol–water partition coefficient (Wildman–Crippen LogP) is 2.73. The van der Waals surface area contributed by atoms with Crippen LogP contribution in [0, 0.1) is 11.3 Å². The van der Waals surface area contributed by atoms with Crippen LogP contribution in [0.4, 0.5) is 13.2 Å². The molecule has 0 aliphatic carbocycles. The summed E-state index contributed by atoms with van der Waals surface area (Å²) in [6, 6.07) is 4.56. The fraction of sp³-hybridized carbons (Fsp3) is 0.417. The Labute approximate surface area is 102 Å². The number of ether oxygens (including phenoxy) is 1. The maximum absolute atomic E-state index is 12.7. The molecule has 2 atom stereocenters. The third-order valence-corrected chi connectivity index (χ3v) is 2.42. The zero-order valence-electron chi connectivity index (χ0n) is 9.82. The lowest BCUT2D eigenvalue weighted by Gasteiger charge is -2.18. The monoisotopic (exact) mass is 259 g/mol. The molecule has 1 rings (SSSR count). The Morgan fingerprint density at radius 2 is 1.94 bits per heavy atom. The Balaban J connectivity index is 3.09. The van der Waals surface area contributed by atoms with Crippen LogP contribution < -0.4 is 4.74 Å². The molecule has 0 fully saturated rings. The van der Waals surface area contributed by atoms with Crippen LogP contribution >= 0.6 is 0 Å². The molecule has 0 aromatic heterocycles. The minimum absolute atomic E-state index is 0.0327. The van der Waals surface area contributed by atoms with Crippen LogP contribution in [0.25, 0.3) is 0 Å². The quantitative estimate of drug-likeness (QED) is 0.908. The molecule has 0 amide bonds. The van der Waals surface area contributed by atoms with E-state index in [-0.39, 0.29) is 5.75 Å². The number of hydrogen-bond donors (Lipinski definition) is 1. The Hall–Kier alpha value is -1.74. The van der Waals surface area contributed by atoms with Crippen molar-refractivity contribution in [3.63, 3.8) is 0 Å². The van der Waals surface area contributed by atoms with Crippen LogP contribution in [-0.4, -0.2) is 17.3 Å². The molecule has 0 saturated carbocycles. The summed E-state index contributed by atoms with van der Waals surface area (Å²) in [5.74, 6) is -0.0327. The van der Waals surface area contributed by atoms with Gasteiger partial charge in [0.15, 0.2) is 0 Å². The molecule has 0 saturated heterocycles. The highest BCUT2D eigenvalue weighted by molar-refractivity contribution is 5.44. The van der Waals surface area contributed by atoms with Crippen LogP contribution in [-0.2, 0) is 6.18 Å². The number of hydrogen-bond acceptors (Lipinski definition) is 3. The molecular weight excluding hydrogens is 247 g/mol. The van der Waals surface area contributed by atoms with Crippen molar-refractivity contribution in [1.82, 2.24) is 0 Å². The largest absolute Gasteiger partial charge is 0.488 e. The number of benzene rings is 1. The number of aliphatic hydroxyl groups excluding tert-OH is 1. The van der Waals surface area contributed by atoms with E-state index in [0.29, 0.717) is 0 Å². The summed E-state index contributed by atoms with van der Waals surface area (Å²) >= 11 is 0. The number of alkyl halides is 3. The second-order valence-electron chi connectivity index (χ2n) is 3.88. The van der Waals surface area contributed by atoms with E-state index in [1.54, 1.807) is 0 Å². The summed E-state index contributed by atoms with van der Waals surface area (Å²) in [6.45, 7) is 3.01. The van der Waals surface area contributed by atoms with E-state index < -0.39 is 29.5 Å². The van der Waals surface area contributed by atoms with Gasteiger partial charge in [-0.3, -0.25) is 0 Å². The van der Waals surface area contributed by atoms with Gasteiger partial charge in [-0.15, -0.1) is 0 Å². The van der Waals surface area contributed by atoms with Crippen molar-refractivity contribution in [3.05, 3.63) is 29.3 Å². The molecule has 98 valence electrons. The molecule has 2 unspecified atom stereocenters. The smallest absolute Gasteiger partial charge is 0.417 e. The minimum atomic E-state index is -4.61. The summed E-state index contributed by atoms with van der Waals surface area (Å²) in [5, 5.41) is 17.8. The number of halogens is 3. The minimum Gasteiger partial charge on any atom is -0.488 e. The first-order chi connectivity index (χ1) is 8.25. The average molecular weight is 259 g/mol. The standard InChI is InChI=1S/C12H12F3NO2/c1-7(17)8(2)18-10-4-3-9(6-16)11(5-10)12(13,14)15/h3-5,7-8,17H,1-2H3. The maximum Gasteiger partial charge on any atom is 0.417 e. The lowest BCUT2D eigenvalue weighted by Crippen LogP contribution is -2.25. The summed E-state index contributed by atoms with van der Waals surface area (Å²) in [5.41, 5.74) is -1.50. The van der Waals surface area contributed by atoms with Gasteiger partial charge in [0.1, 0.15) is 11.9 Å². The summed E-state index contributed by atoms with van der Waals surface area (Å²) in [7, 11) is 0. The van der Waals surface area contributed by atoms with Crippen molar-refractivity contribution >= 4 is 0 Å². The highest BCUT2D eigenvalue weighted by atomic mass is 19.4. The van der Waals surface area contributed by atoms with Crippen molar-refractivity contribution in [2.24, 2.45) is 0 Å². The first kappa shape index (κ1) is 14.3. The lowest BCUT2D eigenvalue weighted by molar-refractivity contribution is -0.137. The second-order valence-corrected chi connectivity index (χ2v) is 3.88. The van der Waals surface area contributed by atoms with Gasteiger partial charge in [0.05, 0.1) is 23.3 Å². The first-order valence-electron chi connectivity index (χ1n) is 5.21. The van der Waals surface area contributed by atoms with E-state index in [1.165, 1.54) is 26.0 Å². The van der Waals surface area contributed by atoms with Gasteiger partial charge in [0, 0.05) is 0 Å². The zero-order chi connectivity index (χ0) is 13.9. The van der Waals surface area contributed by atoms with Gasteiger partial charge >= 0.3 is 6.18 Å². The van der Waals surface area contributed by atoms with Crippen molar-refractivity contribution in [2.45, 2.75) is 32.2 Å². The van der Waals surface area contributed by atoms with Gasteiger partial charge < -0.3 is 9.84 Å². The van der Waals surface area contributed by atoms with Crippen molar-refractivity contribution in [2.75, 3.05) is 0 Å². The average Bonchev–Trinajstić information content (AvgIpc) is 2.27. The highest BCUT2D eigenvalue weighted by Gasteiger charge is 2.34. The molecule has 6 heteroatoms. The molecule has 1 aromatic carbocycles. The van der Waals surface area contributed by atoms with E-state index in [9.17, 15) is 18.3 Å². The molecule has 0 spiro atoms. The molecule has 3 nitrogen and oxygen atoms in total. The third kappa shape index (κ3) is 3.37. The Morgan fingerprint density at radius 1 is 1.33 bits per heavy atom. The van der Waals surface area contributed by atoms with E-state index >= 15 is 0 Å². The number of nitriles is 1. The molecule has 0 heterocycles. The van der Waals surface area contributed by atoms with Crippen molar-refractivity contribution in [3.8, 4) is 11.8 Å². The SMILES string of the molecule is CC(O)C(C)Oc1ccc(C#N)c(C(F)(F)F)c1. The molecule has 1 N–H and O–H groups in total. The molecule has 0 aliphatic heterocycles. The summed E-state index contributed by atoms with van der Waals surface area (Å²) < 4.78 is 43.1. The normalized spacial score (nSPS) is 14.7. The second kappa shape index (κ2) is 5.27. The Bertz CT molecular complexity index is 463. The third-order valence-electron chi connectivity index (χ3n) is 2.42. The topological polar surface area (TPSA) is 53.2 Å². The van der Waals surface area contributed by atoms with Crippen LogP contribution in [0.1, 0.15) is 25.0 Å². The molecule has 1 aromatic rings. The van der Waals surface area contributed by atoms with Gasteiger partial charge in [0.25, 0.3) is 0 Å². The predicted molar refractivity (Wildman–Crippen MR) is 57.9 cm³/mol. The van der Waals surface area contributed by atoms with Crippen molar-refractivity contribution < 1.29 is 23.0 Å². The fourth-order valence-corrected chi connectivity index (χ4v) is 1.24. The summed E-state index contributed by atoms with van der Waals surface area (Å²) in [4.78, 5) is 0. The van der Waals surface area contributed by atoms with Crippen LogP contribution in [0.5, 0.6) is 5.75 Å². The van der Waals surface area contributed by atoms with Crippen LogP contribution in [0.2, 0.25) is 0 Å². The lowest BCUT2D eigenvalue weighted by atomic mass is 10.1. The van der Waals surface area contributed by atoms with Gasteiger partial charge in [-0.05, 0) is 32.0 Å². The van der Waals surface area contributed by atoms with E-state index in [2.05, 4.69) is 0 Å². The number of rotatable bonds is 3. The maximum atomic E-state index is 12.7. The first-order valence-corrected chi connectivity index (χ1v) is 5.21. The van der Waals surface area contributed by atoms with E-state index in [0.717, 1.165) is 12.1 Å². The van der Waals surface area contributed by atoms with Gasteiger partial charge in [-0.2, -0.15) is 18.4 Å². The molecular formula is C12H12F3NO2. The summed E-state index contributed by atoms with van der Waals surface area (Å²) in [6.07, 6.45) is -6.06. The highest BCUT2D eigenvalue weighted by Crippen LogP contribution is 2.34. The fourth-order valence-electron chi connectivity index (χ4n) is 1.24. The Kier molecular flexibility index (Phi) is 4.19. The van der Waals surface area contributed by atoms with E-state index in [4.69, 9.17) is 10.00 Å². The van der Waals surface area contributed by atoms with Gasteiger partial charge in [-0.1, -0.05) is 0 Å². The van der Waals surface area contributed by atoms with Crippen LogP contribution in [0.15, 0.2) is 18.2 Å². The van der Waals surface area contributed by atoms with Crippen LogP contribution in [0.3, 0.4) is 0 Å². The zero-order valence-corrected chi connectivity index (χ0v) is 9.82. The number of nitrogens with zero attached hydrogens (tertiary/aromatic N) is 1. The van der Waals surface area contributed by atoms with Gasteiger partial charge in [-0.25, -0.2) is 0 Å². The molecule has 0 radical (unpaired) electrons. The molecule has 0 aliphatic rings. The molecule has 0 bridgehead atoms. The number of aliphatic hydroxyl groups is 1. The van der Waals surface area contributed by atoms with Crippen molar-refractivity contribution in [1.29, 1.82) is 5.26 Å².